The van der Waals surface area contributed by atoms with Gasteiger partial charge in [0.2, 0.25) is 5.91 Å². The third-order valence-electron chi connectivity index (χ3n) is 4.70. The fraction of sp³-hybridized carbons (Fsp3) is 0.846. The second kappa shape index (κ2) is 6.95. The molecule has 2 heterocycles. The second-order valence-electron chi connectivity index (χ2n) is 6.32. The van der Waals surface area contributed by atoms with Crippen LogP contribution in [0.2, 0.25) is 6.32 Å². The van der Waals surface area contributed by atoms with E-state index in [0.717, 1.165) is 19.4 Å². The Kier molecular flexibility index (Phi) is 5.43. The molecule has 1 amide bonds. The summed E-state index contributed by atoms with van der Waals surface area (Å²) in [6.45, 7) is 1.11. The molecule has 2 rings (SSSR count). The van der Waals surface area contributed by atoms with E-state index in [1.54, 1.807) is 0 Å². The van der Waals surface area contributed by atoms with Crippen molar-refractivity contribution >= 4 is 19.0 Å². The summed E-state index contributed by atoms with van der Waals surface area (Å²) in [5, 5.41) is 30.3. The molecular weight excluding hydrogens is 289 g/mol. The summed E-state index contributed by atoms with van der Waals surface area (Å²) in [5.41, 5.74) is 4.59. The smallest absolute Gasteiger partial charge is 0.451 e. The third-order valence-corrected chi connectivity index (χ3v) is 4.70. The minimum Gasteiger partial charge on any atom is -0.480 e. The predicted molar refractivity (Wildman–Crippen MR) is 79.9 cm³/mol. The van der Waals surface area contributed by atoms with E-state index in [0.29, 0.717) is 19.4 Å². The van der Waals surface area contributed by atoms with Crippen LogP contribution < -0.4 is 11.1 Å². The monoisotopic (exact) mass is 313 g/mol. The molecule has 0 spiro atoms. The van der Waals surface area contributed by atoms with Gasteiger partial charge in [0.15, 0.2) is 0 Å². The minimum absolute atomic E-state index is 0.00565. The molecule has 8 nitrogen and oxygen atoms in total. The van der Waals surface area contributed by atoms with Crippen LogP contribution in [0.25, 0.3) is 0 Å². The highest BCUT2D eigenvalue weighted by atomic mass is 16.4. The maximum absolute atomic E-state index is 12.4. The zero-order chi connectivity index (χ0) is 16.3. The Labute approximate surface area is 129 Å². The van der Waals surface area contributed by atoms with Gasteiger partial charge in [-0.05, 0) is 32.1 Å². The van der Waals surface area contributed by atoms with Crippen LogP contribution >= 0.6 is 0 Å². The van der Waals surface area contributed by atoms with Crippen LogP contribution in [0.3, 0.4) is 0 Å². The van der Waals surface area contributed by atoms with Crippen LogP contribution in [0.5, 0.6) is 0 Å². The molecule has 22 heavy (non-hydrogen) atoms. The molecule has 2 aliphatic rings. The number of carboxylic acids is 1. The van der Waals surface area contributed by atoms with Crippen molar-refractivity contribution in [3.8, 4) is 0 Å². The Morgan fingerprint density at radius 2 is 2.14 bits per heavy atom. The van der Waals surface area contributed by atoms with E-state index < -0.39 is 18.6 Å². The summed E-state index contributed by atoms with van der Waals surface area (Å²) in [4.78, 5) is 25.5. The van der Waals surface area contributed by atoms with Gasteiger partial charge in [0.25, 0.3) is 0 Å². The van der Waals surface area contributed by atoms with Crippen molar-refractivity contribution in [2.24, 2.45) is 11.7 Å². The first-order chi connectivity index (χ1) is 10.3. The van der Waals surface area contributed by atoms with Gasteiger partial charge in [-0.3, -0.25) is 9.59 Å². The van der Waals surface area contributed by atoms with E-state index >= 15 is 0 Å². The normalized spacial score (nSPS) is 31.5. The molecular formula is C13H24BN3O5. The molecule has 9 heteroatoms. The maximum atomic E-state index is 12.4. The quantitative estimate of drug-likeness (QED) is 0.366. The molecule has 6 N–H and O–H groups in total. The lowest BCUT2D eigenvalue weighted by Gasteiger charge is -2.25. The molecule has 2 aliphatic heterocycles. The number of hydrogen-bond acceptors (Lipinski definition) is 6. The highest BCUT2D eigenvalue weighted by Gasteiger charge is 2.51. The molecule has 3 unspecified atom stereocenters. The van der Waals surface area contributed by atoms with Crippen LogP contribution in [0.1, 0.15) is 25.7 Å². The molecule has 0 aromatic rings. The van der Waals surface area contributed by atoms with Gasteiger partial charge in [-0.25, -0.2) is 0 Å². The molecule has 0 radical (unpaired) electrons. The number of carbonyl (C=O) groups excluding carboxylic acids is 1. The topological polar surface area (TPSA) is 136 Å². The van der Waals surface area contributed by atoms with E-state index in [4.69, 9.17) is 15.8 Å². The molecule has 2 saturated heterocycles. The van der Waals surface area contributed by atoms with Crippen molar-refractivity contribution in [1.82, 2.24) is 10.2 Å². The lowest BCUT2D eigenvalue weighted by molar-refractivity contribution is -0.144. The van der Waals surface area contributed by atoms with Gasteiger partial charge in [-0.15, -0.1) is 0 Å². The average Bonchev–Trinajstić information content (AvgIpc) is 3.07. The van der Waals surface area contributed by atoms with Gasteiger partial charge in [0.05, 0.1) is 6.04 Å². The first-order valence-electron chi connectivity index (χ1n) is 7.75. The minimum atomic E-state index is -1.46. The number of aliphatic carboxylic acids is 1. The molecule has 2 fully saturated rings. The number of carboxylic acid groups (broad SMARTS) is 1. The highest BCUT2D eigenvalue weighted by molar-refractivity contribution is 6.40. The molecule has 0 aliphatic carbocycles. The van der Waals surface area contributed by atoms with Crippen molar-refractivity contribution < 1.29 is 24.7 Å². The summed E-state index contributed by atoms with van der Waals surface area (Å²) in [6, 6.07) is -0.240. The number of likely N-dealkylation sites (tertiary alicyclic amines) is 1. The second-order valence-corrected chi connectivity index (χ2v) is 6.32. The fourth-order valence-electron chi connectivity index (χ4n) is 3.36. The summed E-state index contributed by atoms with van der Waals surface area (Å²) in [5.74, 6) is -1.58. The van der Waals surface area contributed by atoms with Crippen LogP contribution in [0.4, 0.5) is 0 Å². The summed E-state index contributed by atoms with van der Waals surface area (Å²) in [6.07, 6.45) is 2.78. The number of hydrogen-bond donors (Lipinski definition) is 5. The van der Waals surface area contributed by atoms with Crippen molar-refractivity contribution in [3.63, 3.8) is 0 Å². The number of amides is 1. The first kappa shape index (κ1) is 17.2. The van der Waals surface area contributed by atoms with E-state index in [9.17, 15) is 14.7 Å². The Morgan fingerprint density at radius 3 is 2.68 bits per heavy atom. The molecule has 0 aromatic carbocycles. The molecule has 0 bridgehead atoms. The molecule has 0 aromatic heterocycles. The molecule has 124 valence electrons. The Morgan fingerprint density at radius 1 is 1.41 bits per heavy atom. The van der Waals surface area contributed by atoms with Crippen LogP contribution in [0, 0.1) is 5.92 Å². The van der Waals surface area contributed by atoms with Gasteiger partial charge < -0.3 is 31.1 Å². The van der Waals surface area contributed by atoms with E-state index in [-0.39, 0.29) is 30.7 Å². The number of nitrogens with one attached hydrogen (secondary N) is 1. The Balaban J connectivity index is 2.01. The van der Waals surface area contributed by atoms with Crippen molar-refractivity contribution in [3.05, 3.63) is 0 Å². The zero-order valence-corrected chi connectivity index (χ0v) is 12.6. The van der Waals surface area contributed by atoms with E-state index in [2.05, 4.69) is 5.32 Å². The summed E-state index contributed by atoms with van der Waals surface area (Å²) in [7, 11) is -1.40. The Bertz CT molecular complexity index is 430. The van der Waals surface area contributed by atoms with Gasteiger partial charge >= 0.3 is 13.1 Å². The van der Waals surface area contributed by atoms with Crippen LogP contribution in [-0.2, 0) is 9.59 Å². The lowest BCUT2D eigenvalue weighted by atomic mass is 9.78. The number of rotatable bonds is 6. The summed E-state index contributed by atoms with van der Waals surface area (Å²) < 4.78 is 0. The van der Waals surface area contributed by atoms with Gasteiger partial charge in [-0.2, -0.15) is 0 Å². The van der Waals surface area contributed by atoms with Gasteiger partial charge in [-0.1, -0.05) is 6.42 Å². The van der Waals surface area contributed by atoms with E-state index in [1.807, 2.05) is 0 Å². The highest BCUT2D eigenvalue weighted by Crippen LogP contribution is 2.31. The first-order valence-corrected chi connectivity index (χ1v) is 7.75. The number of nitrogens with zero attached hydrogens (tertiary/aromatic N) is 1. The van der Waals surface area contributed by atoms with Crippen LogP contribution in [0.15, 0.2) is 0 Å². The Hall–Kier alpha value is -1.16. The van der Waals surface area contributed by atoms with Crippen molar-refractivity contribution in [1.29, 1.82) is 0 Å². The van der Waals surface area contributed by atoms with E-state index in [1.165, 1.54) is 4.90 Å². The maximum Gasteiger partial charge on any atom is 0.451 e. The standard InChI is InChI=1S/C13H24BN3O5/c15-13(12(19)20)8-17(11(18)10-4-2-6-16-10)7-9(13)3-1-5-14(21)22/h9-10,16,21-22H,1-8,15H2,(H,19,20). The van der Waals surface area contributed by atoms with Gasteiger partial charge in [0, 0.05) is 19.0 Å². The SMILES string of the molecule is NC1(C(=O)O)CN(C(=O)C2CCCN2)CC1CCCB(O)O. The fourth-order valence-corrected chi connectivity index (χ4v) is 3.36. The summed E-state index contributed by atoms with van der Waals surface area (Å²) >= 11 is 0. The molecule has 0 saturated carbocycles. The third kappa shape index (κ3) is 3.60. The zero-order valence-electron chi connectivity index (χ0n) is 12.6. The van der Waals surface area contributed by atoms with Crippen molar-refractivity contribution in [2.45, 2.75) is 43.6 Å². The lowest BCUT2D eigenvalue weighted by Crippen LogP contribution is -2.55. The van der Waals surface area contributed by atoms with Crippen molar-refractivity contribution in [2.75, 3.05) is 19.6 Å². The predicted octanol–water partition coefficient (Wildman–Crippen LogP) is -1.77. The number of carbonyl (C=O) groups is 2. The average molecular weight is 313 g/mol. The van der Waals surface area contributed by atoms with Gasteiger partial charge in [0.1, 0.15) is 5.54 Å². The number of nitrogens with two attached hydrogens (primary N) is 1. The largest absolute Gasteiger partial charge is 0.480 e. The van der Waals surface area contributed by atoms with Crippen LogP contribution in [-0.4, -0.2) is 70.3 Å². The molecule has 3 atom stereocenters.